The molecule has 3 heteroatoms. The zero-order valence-electron chi connectivity index (χ0n) is 11.6. The molecule has 0 bridgehead atoms. The summed E-state index contributed by atoms with van der Waals surface area (Å²) in [5.41, 5.74) is 3.98. The standard InChI is InChI=1S/C16H18N2O/c1-4-19-16-10-9-15(11-13(16)3)18-17-14-7-5-12(2)6-8-14/h5-11H,4H2,1-3H3. The van der Waals surface area contributed by atoms with Crippen molar-refractivity contribution >= 4 is 11.4 Å². The Morgan fingerprint density at radius 2 is 1.53 bits per heavy atom. The van der Waals surface area contributed by atoms with Crippen LogP contribution in [0.4, 0.5) is 11.4 Å². The molecule has 19 heavy (non-hydrogen) atoms. The molecule has 0 radical (unpaired) electrons. The molecule has 0 atom stereocenters. The Labute approximate surface area is 114 Å². The van der Waals surface area contributed by atoms with Gasteiger partial charge in [-0.25, -0.2) is 0 Å². The summed E-state index contributed by atoms with van der Waals surface area (Å²) in [4.78, 5) is 0. The summed E-state index contributed by atoms with van der Waals surface area (Å²) < 4.78 is 5.50. The van der Waals surface area contributed by atoms with E-state index in [1.807, 2.05) is 56.3 Å². The number of hydrogen-bond donors (Lipinski definition) is 0. The van der Waals surface area contributed by atoms with Crippen molar-refractivity contribution in [3.63, 3.8) is 0 Å². The molecule has 0 N–H and O–H groups in total. The van der Waals surface area contributed by atoms with Crippen LogP contribution in [0.1, 0.15) is 18.1 Å². The van der Waals surface area contributed by atoms with Crippen molar-refractivity contribution in [2.45, 2.75) is 20.8 Å². The lowest BCUT2D eigenvalue weighted by molar-refractivity contribution is 0.338. The zero-order valence-corrected chi connectivity index (χ0v) is 11.6. The lowest BCUT2D eigenvalue weighted by atomic mass is 10.2. The molecule has 0 saturated heterocycles. The zero-order chi connectivity index (χ0) is 13.7. The first-order valence-electron chi connectivity index (χ1n) is 6.41. The van der Waals surface area contributed by atoms with Crippen LogP contribution < -0.4 is 4.74 Å². The fourth-order valence-corrected chi connectivity index (χ4v) is 1.74. The number of ether oxygens (including phenoxy) is 1. The molecule has 3 nitrogen and oxygen atoms in total. The molecule has 0 amide bonds. The highest BCUT2D eigenvalue weighted by Crippen LogP contribution is 2.25. The van der Waals surface area contributed by atoms with Crippen LogP contribution in [0.5, 0.6) is 5.75 Å². The van der Waals surface area contributed by atoms with Crippen LogP contribution in [0.15, 0.2) is 52.7 Å². The summed E-state index contributed by atoms with van der Waals surface area (Å²) in [5, 5.41) is 8.46. The van der Waals surface area contributed by atoms with Gasteiger partial charge in [-0.05, 0) is 56.7 Å². The van der Waals surface area contributed by atoms with Crippen molar-refractivity contribution in [3.05, 3.63) is 53.6 Å². The van der Waals surface area contributed by atoms with Gasteiger partial charge in [0.2, 0.25) is 0 Å². The van der Waals surface area contributed by atoms with E-state index in [9.17, 15) is 0 Å². The molecular weight excluding hydrogens is 236 g/mol. The Balaban J connectivity index is 2.14. The van der Waals surface area contributed by atoms with Crippen LogP contribution in [0.3, 0.4) is 0 Å². The molecule has 0 heterocycles. The highest BCUT2D eigenvalue weighted by atomic mass is 16.5. The third-order valence-corrected chi connectivity index (χ3v) is 2.77. The lowest BCUT2D eigenvalue weighted by Crippen LogP contribution is -1.92. The van der Waals surface area contributed by atoms with Gasteiger partial charge in [-0.15, -0.1) is 0 Å². The van der Waals surface area contributed by atoms with Gasteiger partial charge in [0.05, 0.1) is 18.0 Å². The maximum atomic E-state index is 5.50. The van der Waals surface area contributed by atoms with Gasteiger partial charge in [0, 0.05) is 0 Å². The Morgan fingerprint density at radius 1 is 0.895 bits per heavy atom. The molecule has 0 saturated carbocycles. The fraction of sp³-hybridized carbons (Fsp3) is 0.250. The minimum absolute atomic E-state index is 0.672. The second-order valence-corrected chi connectivity index (χ2v) is 4.42. The summed E-state index contributed by atoms with van der Waals surface area (Å²) in [5.74, 6) is 0.900. The Hall–Kier alpha value is -2.16. The number of benzene rings is 2. The van der Waals surface area contributed by atoms with Gasteiger partial charge in [0.1, 0.15) is 5.75 Å². The summed E-state index contributed by atoms with van der Waals surface area (Å²) in [7, 11) is 0. The van der Waals surface area contributed by atoms with E-state index in [2.05, 4.69) is 17.2 Å². The summed E-state index contributed by atoms with van der Waals surface area (Å²) >= 11 is 0. The van der Waals surface area contributed by atoms with E-state index in [0.717, 1.165) is 22.7 Å². The smallest absolute Gasteiger partial charge is 0.122 e. The minimum atomic E-state index is 0.672. The van der Waals surface area contributed by atoms with Crippen molar-refractivity contribution in [1.29, 1.82) is 0 Å². The average molecular weight is 254 g/mol. The van der Waals surface area contributed by atoms with Crippen LogP contribution >= 0.6 is 0 Å². The number of rotatable bonds is 4. The molecule has 2 aromatic rings. The van der Waals surface area contributed by atoms with E-state index in [4.69, 9.17) is 4.74 Å². The van der Waals surface area contributed by atoms with Crippen molar-refractivity contribution in [3.8, 4) is 5.75 Å². The monoisotopic (exact) mass is 254 g/mol. The quantitative estimate of drug-likeness (QED) is 0.697. The topological polar surface area (TPSA) is 34.0 Å². The largest absolute Gasteiger partial charge is 0.494 e. The van der Waals surface area contributed by atoms with Crippen LogP contribution in [0.2, 0.25) is 0 Å². The van der Waals surface area contributed by atoms with Crippen molar-refractivity contribution in [2.75, 3.05) is 6.61 Å². The molecule has 0 fully saturated rings. The second-order valence-electron chi connectivity index (χ2n) is 4.42. The predicted molar refractivity (Wildman–Crippen MR) is 77.7 cm³/mol. The summed E-state index contributed by atoms with van der Waals surface area (Å²) in [6.45, 7) is 6.71. The van der Waals surface area contributed by atoms with Gasteiger partial charge in [0.25, 0.3) is 0 Å². The van der Waals surface area contributed by atoms with Gasteiger partial charge in [-0.3, -0.25) is 0 Å². The molecule has 2 aromatic carbocycles. The maximum absolute atomic E-state index is 5.50. The Morgan fingerprint density at radius 3 is 2.16 bits per heavy atom. The van der Waals surface area contributed by atoms with Crippen molar-refractivity contribution < 1.29 is 4.74 Å². The summed E-state index contributed by atoms with van der Waals surface area (Å²) in [6.07, 6.45) is 0. The Kier molecular flexibility index (Phi) is 4.29. The maximum Gasteiger partial charge on any atom is 0.122 e. The average Bonchev–Trinajstić information content (AvgIpc) is 2.41. The highest BCUT2D eigenvalue weighted by molar-refractivity contribution is 5.47. The first-order valence-corrected chi connectivity index (χ1v) is 6.41. The third-order valence-electron chi connectivity index (χ3n) is 2.77. The van der Waals surface area contributed by atoms with Gasteiger partial charge in [0.15, 0.2) is 0 Å². The highest BCUT2D eigenvalue weighted by Gasteiger charge is 1.99. The third kappa shape index (κ3) is 3.65. The van der Waals surface area contributed by atoms with E-state index in [-0.39, 0.29) is 0 Å². The lowest BCUT2D eigenvalue weighted by Gasteiger charge is -2.06. The second kappa shape index (κ2) is 6.14. The van der Waals surface area contributed by atoms with E-state index >= 15 is 0 Å². The fourth-order valence-electron chi connectivity index (χ4n) is 1.74. The van der Waals surface area contributed by atoms with Crippen LogP contribution in [-0.2, 0) is 0 Å². The van der Waals surface area contributed by atoms with E-state index in [1.165, 1.54) is 5.56 Å². The molecule has 0 aliphatic carbocycles. The number of aryl methyl sites for hydroxylation is 2. The molecule has 0 spiro atoms. The van der Waals surface area contributed by atoms with Gasteiger partial charge in [-0.2, -0.15) is 10.2 Å². The van der Waals surface area contributed by atoms with E-state index in [0.29, 0.717) is 6.61 Å². The molecule has 0 aliphatic rings. The van der Waals surface area contributed by atoms with E-state index in [1.54, 1.807) is 0 Å². The SMILES string of the molecule is CCOc1ccc(N=Nc2ccc(C)cc2)cc1C. The number of hydrogen-bond acceptors (Lipinski definition) is 3. The molecule has 0 aliphatic heterocycles. The first-order chi connectivity index (χ1) is 9.19. The van der Waals surface area contributed by atoms with E-state index < -0.39 is 0 Å². The van der Waals surface area contributed by atoms with Crippen molar-refractivity contribution in [2.24, 2.45) is 10.2 Å². The summed E-state index contributed by atoms with van der Waals surface area (Å²) in [6, 6.07) is 13.8. The number of nitrogens with zero attached hydrogens (tertiary/aromatic N) is 2. The van der Waals surface area contributed by atoms with Crippen molar-refractivity contribution in [1.82, 2.24) is 0 Å². The molecule has 98 valence electrons. The Bertz CT molecular complexity index is 574. The first kappa shape index (κ1) is 13.3. The van der Waals surface area contributed by atoms with Gasteiger partial charge < -0.3 is 4.74 Å². The van der Waals surface area contributed by atoms with Crippen LogP contribution in [0.25, 0.3) is 0 Å². The molecule has 2 rings (SSSR count). The molecular formula is C16H18N2O. The van der Waals surface area contributed by atoms with Gasteiger partial charge >= 0.3 is 0 Å². The molecule has 0 aromatic heterocycles. The normalized spacial score (nSPS) is 10.9. The predicted octanol–water partition coefficient (Wildman–Crippen LogP) is 5.12. The molecule has 0 unspecified atom stereocenters. The van der Waals surface area contributed by atoms with Crippen LogP contribution in [0, 0.1) is 13.8 Å². The van der Waals surface area contributed by atoms with Gasteiger partial charge in [-0.1, -0.05) is 17.7 Å². The minimum Gasteiger partial charge on any atom is -0.494 e. The van der Waals surface area contributed by atoms with Crippen LogP contribution in [-0.4, -0.2) is 6.61 Å². The number of azo groups is 1.